The van der Waals surface area contributed by atoms with E-state index in [0.717, 1.165) is 12.8 Å². The molecular weight excluding hydrogens is 180 g/mol. The highest BCUT2D eigenvalue weighted by atomic mass is 16.4. The Hall–Kier alpha value is -0.860. The predicted molar refractivity (Wildman–Crippen MR) is 48.2 cm³/mol. The molecule has 2 bridgehead atoms. The largest absolute Gasteiger partial charge is 0.550 e. The van der Waals surface area contributed by atoms with Crippen molar-refractivity contribution in [3.8, 4) is 0 Å². The van der Waals surface area contributed by atoms with Crippen LogP contribution >= 0.6 is 0 Å². The SMILES string of the molecule is C[C@]12CC[C@H](CC1=O)[C@@]2(C)CC(=O)[O-]. The van der Waals surface area contributed by atoms with Gasteiger partial charge in [-0.15, -0.1) is 0 Å². The van der Waals surface area contributed by atoms with Gasteiger partial charge in [-0.2, -0.15) is 0 Å². The molecule has 2 aliphatic rings. The van der Waals surface area contributed by atoms with E-state index in [1.165, 1.54) is 0 Å². The second kappa shape index (κ2) is 2.59. The van der Waals surface area contributed by atoms with E-state index in [9.17, 15) is 14.7 Å². The minimum absolute atomic E-state index is 0.0277. The summed E-state index contributed by atoms with van der Waals surface area (Å²) in [6.07, 6.45) is 2.44. The summed E-state index contributed by atoms with van der Waals surface area (Å²) in [5.74, 6) is -0.518. The number of Topliss-reactive ketones (excluding diaryl/α,β-unsaturated/α-hetero) is 1. The van der Waals surface area contributed by atoms with Crippen molar-refractivity contribution in [1.82, 2.24) is 0 Å². The van der Waals surface area contributed by atoms with Crippen molar-refractivity contribution in [2.75, 3.05) is 0 Å². The molecule has 0 aromatic heterocycles. The molecule has 78 valence electrons. The highest BCUT2D eigenvalue weighted by Gasteiger charge is 2.63. The van der Waals surface area contributed by atoms with Gasteiger partial charge in [-0.05, 0) is 30.6 Å². The van der Waals surface area contributed by atoms with E-state index in [0.29, 0.717) is 6.42 Å². The summed E-state index contributed by atoms with van der Waals surface area (Å²) >= 11 is 0. The van der Waals surface area contributed by atoms with Crippen LogP contribution in [-0.2, 0) is 9.59 Å². The molecule has 0 N–H and O–H groups in total. The van der Waals surface area contributed by atoms with Crippen LogP contribution in [0.15, 0.2) is 0 Å². The molecule has 3 heteroatoms. The minimum Gasteiger partial charge on any atom is -0.550 e. The molecule has 0 heterocycles. The second-order valence-electron chi connectivity index (χ2n) is 5.16. The Morgan fingerprint density at radius 3 is 2.57 bits per heavy atom. The molecule has 0 unspecified atom stereocenters. The van der Waals surface area contributed by atoms with Crippen molar-refractivity contribution in [3.63, 3.8) is 0 Å². The molecule has 2 fully saturated rings. The van der Waals surface area contributed by atoms with Crippen LogP contribution < -0.4 is 5.11 Å². The molecule has 0 saturated heterocycles. The number of hydrogen-bond donors (Lipinski definition) is 0. The maximum absolute atomic E-state index is 11.7. The minimum atomic E-state index is -1.03. The molecule has 0 radical (unpaired) electrons. The number of fused-ring (bicyclic) bond motifs is 2. The lowest BCUT2D eigenvalue weighted by Crippen LogP contribution is -2.40. The Morgan fingerprint density at radius 2 is 2.21 bits per heavy atom. The molecule has 0 aliphatic heterocycles. The fourth-order valence-corrected chi connectivity index (χ4v) is 3.39. The molecule has 3 nitrogen and oxygen atoms in total. The van der Waals surface area contributed by atoms with Crippen molar-refractivity contribution in [1.29, 1.82) is 0 Å². The molecule has 0 aromatic carbocycles. The third-order valence-corrected chi connectivity index (χ3v) is 4.71. The summed E-state index contributed by atoms with van der Waals surface area (Å²) in [5.41, 5.74) is -0.763. The monoisotopic (exact) mass is 195 g/mol. The highest BCUT2D eigenvalue weighted by molar-refractivity contribution is 5.90. The molecule has 2 aliphatic carbocycles. The third-order valence-electron chi connectivity index (χ3n) is 4.71. The number of carbonyl (C=O) groups is 2. The molecular formula is C11H15O3-. The lowest BCUT2D eigenvalue weighted by Gasteiger charge is -2.37. The molecule has 2 rings (SSSR count). The topological polar surface area (TPSA) is 57.2 Å². The van der Waals surface area contributed by atoms with Crippen LogP contribution in [-0.4, -0.2) is 11.8 Å². The first kappa shape index (κ1) is 9.69. The summed E-state index contributed by atoms with van der Waals surface area (Å²) in [7, 11) is 0. The first-order chi connectivity index (χ1) is 6.40. The number of carboxylic acid groups (broad SMARTS) is 1. The average molecular weight is 195 g/mol. The van der Waals surface area contributed by atoms with Gasteiger partial charge in [0.1, 0.15) is 5.78 Å². The van der Waals surface area contributed by atoms with Crippen LogP contribution in [0, 0.1) is 16.7 Å². The quantitative estimate of drug-likeness (QED) is 0.645. The fourth-order valence-electron chi connectivity index (χ4n) is 3.39. The molecule has 2 saturated carbocycles. The van der Waals surface area contributed by atoms with Crippen LogP contribution in [0.1, 0.15) is 39.5 Å². The van der Waals surface area contributed by atoms with Gasteiger partial charge in [-0.1, -0.05) is 13.8 Å². The van der Waals surface area contributed by atoms with Crippen molar-refractivity contribution in [3.05, 3.63) is 0 Å². The predicted octanol–water partition coefficient (Wildman–Crippen LogP) is 0.522. The number of carboxylic acids is 1. The normalized spacial score (nSPS) is 45.9. The Labute approximate surface area is 83.5 Å². The fraction of sp³-hybridized carbons (Fsp3) is 0.818. The number of ketones is 1. The summed E-state index contributed by atoms with van der Waals surface area (Å²) in [5, 5.41) is 10.7. The van der Waals surface area contributed by atoms with Gasteiger partial charge in [0.05, 0.1) is 0 Å². The summed E-state index contributed by atoms with van der Waals surface area (Å²) < 4.78 is 0. The molecule has 14 heavy (non-hydrogen) atoms. The van der Waals surface area contributed by atoms with Gasteiger partial charge in [0.15, 0.2) is 0 Å². The molecule has 3 atom stereocenters. The standard InChI is InChI=1S/C11H16O3/c1-10-4-3-7(5-8(10)12)11(10,2)6-9(13)14/h7H,3-6H2,1-2H3,(H,13,14)/p-1/t7-,10+,11-/m1/s1. The molecule has 0 amide bonds. The first-order valence-electron chi connectivity index (χ1n) is 5.13. The number of rotatable bonds is 2. The van der Waals surface area contributed by atoms with Gasteiger partial charge in [-0.25, -0.2) is 0 Å². The van der Waals surface area contributed by atoms with Crippen molar-refractivity contribution in [2.24, 2.45) is 16.7 Å². The lowest BCUT2D eigenvalue weighted by atomic mass is 9.67. The van der Waals surface area contributed by atoms with Crippen LogP contribution in [0.3, 0.4) is 0 Å². The van der Waals surface area contributed by atoms with Crippen LogP contribution in [0.2, 0.25) is 0 Å². The maximum Gasteiger partial charge on any atom is 0.139 e. The third kappa shape index (κ3) is 0.928. The first-order valence-corrected chi connectivity index (χ1v) is 5.13. The molecule has 0 aromatic rings. The smallest absolute Gasteiger partial charge is 0.139 e. The van der Waals surface area contributed by atoms with Crippen molar-refractivity contribution in [2.45, 2.75) is 39.5 Å². The zero-order valence-electron chi connectivity index (χ0n) is 8.63. The van der Waals surface area contributed by atoms with E-state index in [2.05, 4.69) is 0 Å². The number of aliphatic carboxylic acids is 1. The average Bonchev–Trinajstić information content (AvgIpc) is 2.37. The Kier molecular flexibility index (Phi) is 1.79. The van der Waals surface area contributed by atoms with E-state index in [1.54, 1.807) is 0 Å². The van der Waals surface area contributed by atoms with E-state index < -0.39 is 11.4 Å². The Morgan fingerprint density at radius 1 is 1.57 bits per heavy atom. The zero-order chi connectivity index (χ0) is 10.6. The molecule has 0 spiro atoms. The second-order valence-corrected chi connectivity index (χ2v) is 5.16. The van der Waals surface area contributed by atoms with E-state index in [1.807, 2.05) is 13.8 Å². The van der Waals surface area contributed by atoms with Gasteiger partial charge in [0.25, 0.3) is 0 Å². The van der Waals surface area contributed by atoms with Gasteiger partial charge in [-0.3, -0.25) is 4.79 Å². The van der Waals surface area contributed by atoms with Gasteiger partial charge >= 0.3 is 0 Å². The van der Waals surface area contributed by atoms with Crippen molar-refractivity contribution >= 4 is 11.8 Å². The summed E-state index contributed by atoms with van der Waals surface area (Å²) in [4.78, 5) is 22.4. The zero-order valence-corrected chi connectivity index (χ0v) is 8.63. The summed E-state index contributed by atoms with van der Waals surface area (Å²) in [6.45, 7) is 3.86. The highest BCUT2D eigenvalue weighted by Crippen LogP contribution is 2.65. The maximum atomic E-state index is 11.7. The van der Waals surface area contributed by atoms with E-state index >= 15 is 0 Å². The van der Waals surface area contributed by atoms with Gasteiger partial charge in [0.2, 0.25) is 0 Å². The van der Waals surface area contributed by atoms with E-state index in [4.69, 9.17) is 0 Å². The Bertz CT molecular complexity index is 310. The van der Waals surface area contributed by atoms with Crippen LogP contribution in [0.4, 0.5) is 0 Å². The lowest BCUT2D eigenvalue weighted by molar-refractivity contribution is -0.309. The van der Waals surface area contributed by atoms with E-state index in [-0.39, 0.29) is 23.5 Å². The number of carbonyl (C=O) groups excluding carboxylic acids is 2. The summed E-state index contributed by atoms with van der Waals surface area (Å²) in [6, 6.07) is 0. The van der Waals surface area contributed by atoms with Crippen LogP contribution in [0.5, 0.6) is 0 Å². The Balaban J connectivity index is 2.36. The van der Waals surface area contributed by atoms with Crippen LogP contribution in [0.25, 0.3) is 0 Å². The van der Waals surface area contributed by atoms with Gasteiger partial charge < -0.3 is 9.90 Å². The number of hydrogen-bond acceptors (Lipinski definition) is 3. The van der Waals surface area contributed by atoms with Gasteiger partial charge in [0, 0.05) is 17.8 Å². The van der Waals surface area contributed by atoms with Crippen molar-refractivity contribution < 1.29 is 14.7 Å².